The summed E-state index contributed by atoms with van der Waals surface area (Å²) >= 11 is 0. The van der Waals surface area contributed by atoms with E-state index < -0.39 is 5.91 Å². The standard InChI is InChI=1S/C12H16N4O3/c1-19-12(18)9-4-2-3-7-16(9)10-6-5-8(11(13)17)14-15-10/h5-6,9H,2-4,7H2,1H3,(H2,13,17). The van der Waals surface area contributed by atoms with E-state index >= 15 is 0 Å². The monoisotopic (exact) mass is 264 g/mol. The Morgan fingerprint density at radius 2 is 2.16 bits per heavy atom. The van der Waals surface area contributed by atoms with E-state index in [1.807, 2.05) is 4.90 Å². The molecule has 1 saturated heterocycles. The maximum Gasteiger partial charge on any atom is 0.328 e. The lowest BCUT2D eigenvalue weighted by Gasteiger charge is -2.34. The number of carbonyl (C=O) groups excluding carboxylic acids is 2. The molecule has 1 aliphatic rings. The number of hydrogen-bond donors (Lipinski definition) is 1. The highest BCUT2D eigenvalue weighted by molar-refractivity contribution is 5.90. The summed E-state index contributed by atoms with van der Waals surface area (Å²) in [6, 6.07) is 2.81. The fourth-order valence-corrected chi connectivity index (χ4v) is 2.20. The topological polar surface area (TPSA) is 98.4 Å². The summed E-state index contributed by atoms with van der Waals surface area (Å²) in [7, 11) is 1.37. The highest BCUT2D eigenvalue weighted by Crippen LogP contribution is 2.23. The first kappa shape index (κ1) is 13.3. The number of ether oxygens (including phenoxy) is 1. The second kappa shape index (κ2) is 5.64. The van der Waals surface area contributed by atoms with Gasteiger partial charge in [0, 0.05) is 6.54 Å². The van der Waals surface area contributed by atoms with Crippen molar-refractivity contribution in [3.05, 3.63) is 17.8 Å². The fourth-order valence-electron chi connectivity index (χ4n) is 2.20. The summed E-state index contributed by atoms with van der Waals surface area (Å²) in [5, 5.41) is 7.71. The van der Waals surface area contributed by atoms with Gasteiger partial charge in [0.05, 0.1) is 7.11 Å². The summed E-state index contributed by atoms with van der Waals surface area (Å²) in [5.41, 5.74) is 5.22. The van der Waals surface area contributed by atoms with Crippen LogP contribution in [-0.4, -0.2) is 41.8 Å². The van der Waals surface area contributed by atoms with Gasteiger partial charge in [-0.3, -0.25) is 4.79 Å². The number of nitrogens with two attached hydrogens (primary N) is 1. The maximum absolute atomic E-state index is 11.7. The molecule has 7 heteroatoms. The number of aromatic nitrogens is 2. The zero-order chi connectivity index (χ0) is 13.8. The quantitative estimate of drug-likeness (QED) is 0.778. The first-order chi connectivity index (χ1) is 9.13. The first-order valence-electron chi connectivity index (χ1n) is 6.11. The van der Waals surface area contributed by atoms with E-state index in [1.165, 1.54) is 13.2 Å². The molecule has 2 rings (SSSR count). The number of hydrogen-bond acceptors (Lipinski definition) is 6. The van der Waals surface area contributed by atoms with Gasteiger partial charge in [0.25, 0.3) is 5.91 Å². The smallest absolute Gasteiger partial charge is 0.328 e. The molecule has 1 aromatic rings. The van der Waals surface area contributed by atoms with Gasteiger partial charge < -0.3 is 15.4 Å². The number of methoxy groups -OCH3 is 1. The normalized spacial score (nSPS) is 19.0. The van der Waals surface area contributed by atoms with Gasteiger partial charge in [-0.2, -0.15) is 0 Å². The van der Waals surface area contributed by atoms with Crippen LogP contribution in [0, 0.1) is 0 Å². The van der Waals surface area contributed by atoms with Crippen molar-refractivity contribution in [1.29, 1.82) is 0 Å². The van der Waals surface area contributed by atoms with Gasteiger partial charge in [-0.25, -0.2) is 4.79 Å². The van der Waals surface area contributed by atoms with Gasteiger partial charge in [-0.05, 0) is 31.4 Å². The van der Waals surface area contributed by atoms with Crippen molar-refractivity contribution in [1.82, 2.24) is 10.2 Å². The summed E-state index contributed by atoms with van der Waals surface area (Å²) in [6.07, 6.45) is 2.68. The zero-order valence-electron chi connectivity index (χ0n) is 10.7. The average Bonchev–Trinajstić information content (AvgIpc) is 2.46. The largest absolute Gasteiger partial charge is 0.467 e. The molecule has 0 radical (unpaired) electrons. The lowest BCUT2D eigenvalue weighted by atomic mass is 10.0. The molecule has 1 aromatic heterocycles. The molecular weight excluding hydrogens is 248 g/mol. The van der Waals surface area contributed by atoms with Crippen molar-refractivity contribution >= 4 is 17.7 Å². The van der Waals surface area contributed by atoms with Crippen LogP contribution < -0.4 is 10.6 Å². The summed E-state index contributed by atoms with van der Waals surface area (Å²) in [5.74, 6) is -0.345. The number of amides is 1. The van der Waals surface area contributed by atoms with E-state index in [0.29, 0.717) is 12.4 Å². The number of anilines is 1. The Kier molecular flexibility index (Phi) is 3.94. The summed E-state index contributed by atoms with van der Waals surface area (Å²) in [4.78, 5) is 24.5. The third-order valence-electron chi connectivity index (χ3n) is 3.17. The zero-order valence-corrected chi connectivity index (χ0v) is 10.7. The molecule has 1 fully saturated rings. The van der Waals surface area contributed by atoms with Crippen LogP contribution in [-0.2, 0) is 9.53 Å². The van der Waals surface area contributed by atoms with Crippen LogP contribution in [0.25, 0.3) is 0 Å². The molecule has 2 N–H and O–H groups in total. The third kappa shape index (κ3) is 2.81. The highest BCUT2D eigenvalue weighted by Gasteiger charge is 2.30. The van der Waals surface area contributed by atoms with Crippen LogP contribution >= 0.6 is 0 Å². The van der Waals surface area contributed by atoms with Gasteiger partial charge in [0.1, 0.15) is 6.04 Å². The van der Waals surface area contributed by atoms with Gasteiger partial charge in [0.2, 0.25) is 0 Å². The molecular formula is C12H16N4O3. The molecule has 2 heterocycles. The van der Waals surface area contributed by atoms with Crippen molar-refractivity contribution in [2.75, 3.05) is 18.6 Å². The molecule has 0 bridgehead atoms. The van der Waals surface area contributed by atoms with Gasteiger partial charge in [-0.15, -0.1) is 10.2 Å². The SMILES string of the molecule is COC(=O)C1CCCCN1c1ccc(C(N)=O)nn1. The number of piperidine rings is 1. The van der Waals surface area contributed by atoms with Crippen molar-refractivity contribution in [3.8, 4) is 0 Å². The Balaban J connectivity index is 2.22. The highest BCUT2D eigenvalue weighted by atomic mass is 16.5. The van der Waals surface area contributed by atoms with Crippen LogP contribution in [0.15, 0.2) is 12.1 Å². The number of rotatable bonds is 3. The molecule has 0 saturated carbocycles. The minimum atomic E-state index is -0.623. The van der Waals surface area contributed by atoms with Crippen molar-refractivity contribution < 1.29 is 14.3 Å². The molecule has 7 nitrogen and oxygen atoms in total. The molecule has 0 spiro atoms. The Hall–Kier alpha value is -2.18. The minimum absolute atomic E-state index is 0.107. The number of primary amides is 1. The van der Waals surface area contributed by atoms with E-state index in [2.05, 4.69) is 10.2 Å². The van der Waals surface area contributed by atoms with Crippen LogP contribution in [0.1, 0.15) is 29.8 Å². The predicted octanol–water partition coefficient (Wildman–Crippen LogP) is 0.107. The Bertz CT molecular complexity index is 474. The van der Waals surface area contributed by atoms with Crippen LogP contribution in [0.4, 0.5) is 5.82 Å². The molecule has 1 amide bonds. The van der Waals surface area contributed by atoms with E-state index in [0.717, 1.165) is 19.3 Å². The minimum Gasteiger partial charge on any atom is -0.467 e. The van der Waals surface area contributed by atoms with E-state index in [1.54, 1.807) is 6.07 Å². The fraction of sp³-hybridized carbons (Fsp3) is 0.500. The van der Waals surface area contributed by atoms with Gasteiger partial charge in [-0.1, -0.05) is 0 Å². The maximum atomic E-state index is 11.7. The molecule has 1 unspecified atom stereocenters. The van der Waals surface area contributed by atoms with Gasteiger partial charge in [0.15, 0.2) is 11.5 Å². The van der Waals surface area contributed by atoms with E-state index in [4.69, 9.17) is 10.5 Å². The Morgan fingerprint density at radius 3 is 2.74 bits per heavy atom. The number of nitrogens with zero attached hydrogens (tertiary/aromatic N) is 3. The average molecular weight is 264 g/mol. The lowest BCUT2D eigenvalue weighted by molar-refractivity contribution is -0.142. The molecule has 0 aromatic carbocycles. The van der Waals surface area contributed by atoms with Crippen LogP contribution in [0.5, 0.6) is 0 Å². The number of esters is 1. The summed E-state index contributed by atoms with van der Waals surface area (Å²) < 4.78 is 4.80. The van der Waals surface area contributed by atoms with Crippen LogP contribution in [0.3, 0.4) is 0 Å². The van der Waals surface area contributed by atoms with Crippen molar-refractivity contribution in [3.63, 3.8) is 0 Å². The Labute approximate surface area is 110 Å². The molecule has 0 aliphatic carbocycles. The second-order valence-corrected chi connectivity index (χ2v) is 4.37. The van der Waals surface area contributed by atoms with Crippen molar-refractivity contribution in [2.45, 2.75) is 25.3 Å². The van der Waals surface area contributed by atoms with E-state index in [9.17, 15) is 9.59 Å². The second-order valence-electron chi connectivity index (χ2n) is 4.37. The van der Waals surface area contributed by atoms with Crippen molar-refractivity contribution in [2.24, 2.45) is 5.73 Å². The predicted molar refractivity (Wildman–Crippen MR) is 67.6 cm³/mol. The van der Waals surface area contributed by atoms with E-state index in [-0.39, 0.29) is 17.7 Å². The number of carbonyl (C=O) groups is 2. The molecule has 1 aliphatic heterocycles. The molecule has 1 atom stereocenters. The molecule has 102 valence electrons. The first-order valence-corrected chi connectivity index (χ1v) is 6.11. The summed E-state index contributed by atoms with van der Waals surface area (Å²) in [6.45, 7) is 0.713. The Morgan fingerprint density at radius 1 is 1.37 bits per heavy atom. The lowest BCUT2D eigenvalue weighted by Crippen LogP contribution is -2.45. The van der Waals surface area contributed by atoms with Gasteiger partial charge >= 0.3 is 5.97 Å². The van der Waals surface area contributed by atoms with Crippen LogP contribution in [0.2, 0.25) is 0 Å². The third-order valence-corrected chi connectivity index (χ3v) is 3.17. The molecule has 19 heavy (non-hydrogen) atoms.